The molecule has 2 aliphatic heterocycles. The minimum atomic E-state index is -0.432. The van der Waals surface area contributed by atoms with Gasteiger partial charge in [-0.2, -0.15) is 0 Å². The van der Waals surface area contributed by atoms with Crippen LogP contribution < -0.4 is 5.32 Å². The van der Waals surface area contributed by atoms with Crippen LogP contribution in [0.1, 0.15) is 51.2 Å². The number of piperidine rings is 1. The second-order valence-electron chi connectivity index (χ2n) is 8.94. The van der Waals surface area contributed by atoms with E-state index < -0.39 is 5.60 Å². The minimum Gasteiger partial charge on any atom is -0.444 e. The Balaban J connectivity index is 1.63. The Hall–Kier alpha value is -1.55. The Kier molecular flexibility index (Phi) is 4.06. The third-order valence-corrected chi connectivity index (χ3v) is 6.36. The number of amides is 1. The molecule has 3 unspecified atom stereocenters. The Bertz CT molecular complexity index is 666. The molecule has 1 aromatic carbocycles. The lowest BCUT2D eigenvalue weighted by Gasteiger charge is -2.53. The molecule has 0 saturated carbocycles. The van der Waals surface area contributed by atoms with Gasteiger partial charge in [-0.05, 0) is 70.0 Å². The number of nitrogens with one attached hydrogen (secondary N) is 1. The number of benzene rings is 1. The fraction of sp³-hybridized carbons (Fsp3) is 0.667. The van der Waals surface area contributed by atoms with Crippen molar-refractivity contribution in [2.75, 3.05) is 19.6 Å². The van der Waals surface area contributed by atoms with E-state index in [2.05, 4.69) is 29.6 Å². The summed E-state index contributed by atoms with van der Waals surface area (Å²) in [4.78, 5) is 14.5. The number of carbonyl (C=O) groups is 1. The van der Waals surface area contributed by atoms with E-state index in [0.717, 1.165) is 38.9 Å². The minimum absolute atomic E-state index is 0.154. The van der Waals surface area contributed by atoms with Crippen LogP contribution in [0.5, 0.6) is 0 Å². The number of rotatable bonds is 0. The lowest BCUT2D eigenvalue weighted by atomic mass is 9.56. The van der Waals surface area contributed by atoms with E-state index in [0.29, 0.717) is 12.0 Å². The smallest absolute Gasteiger partial charge is 0.410 e. The Labute approximate surface area is 150 Å². The molecule has 2 fully saturated rings. The first-order valence-corrected chi connectivity index (χ1v) is 9.69. The molecule has 4 heteroatoms. The van der Waals surface area contributed by atoms with Gasteiger partial charge in [0.1, 0.15) is 5.60 Å². The monoisotopic (exact) mass is 342 g/mol. The second kappa shape index (κ2) is 6.01. The molecule has 1 amide bonds. The number of ether oxygens (including phenoxy) is 1. The first kappa shape index (κ1) is 16.9. The van der Waals surface area contributed by atoms with E-state index in [9.17, 15) is 4.79 Å². The summed E-state index contributed by atoms with van der Waals surface area (Å²) in [5, 5.41) is 3.76. The van der Waals surface area contributed by atoms with Crippen molar-refractivity contribution < 1.29 is 9.53 Å². The normalized spacial score (nSPS) is 31.6. The maximum atomic E-state index is 12.6. The van der Waals surface area contributed by atoms with Crippen LogP contribution in [0.25, 0.3) is 0 Å². The van der Waals surface area contributed by atoms with Crippen molar-refractivity contribution in [1.29, 1.82) is 0 Å². The highest BCUT2D eigenvalue weighted by atomic mass is 16.6. The zero-order valence-electron chi connectivity index (χ0n) is 15.7. The van der Waals surface area contributed by atoms with Crippen molar-refractivity contribution in [2.45, 2.75) is 63.5 Å². The lowest BCUT2D eigenvalue weighted by molar-refractivity contribution is 0.0253. The number of fused-ring (bicyclic) bond motifs is 1. The molecule has 136 valence electrons. The van der Waals surface area contributed by atoms with Crippen molar-refractivity contribution in [2.24, 2.45) is 5.92 Å². The predicted octanol–water partition coefficient (Wildman–Crippen LogP) is 3.49. The third kappa shape index (κ3) is 2.95. The van der Waals surface area contributed by atoms with Crippen molar-refractivity contribution in [3.05, 3.63) is 35.4 Å². The van der Waals surface area contributed by atoms with Crippen LogP contribution in [0.15, 0.2) is 24.3 Å². The Morgan fingerprint density at radius 3 is 2.84 bits per heavy atom. The molecule has 1 aromatic rings. The lowest BCUT2D eigenvalue weighted by Crippen LogP contribution is -2.58. The van der Waals surface area contributed by atoms with Gasteiger partial charge in [0.05, 0.1) is 0 Å². The van der Waals surface area contributed by atoms with Crippen LogP contribution in [0.3, 0.4) is 0 Å². The summed E-state index contributed by atoms with van der Waals surface area (Å²) in [7, 11) is 0. The molecule has 4 rings (SSSR count). The van der Waals surface area contributed by atoms with Crippen molar-refractivity contribution in [3.8, 4) is 0 Å². The Morgan fingerprint density at radius 1 is 1.24 bits per heavy atom. The SMILES string of the molecule is CC(C)(C)OC(=O)N1CCC2C3Cc4ccccc4C2(CCN3)CC1. The van der Waals surface area contributed by atoms with Gasteiger partial charge >= 0.3 is 6.09 Å². The topological polar surface area (TPSA) is 41.6 Å². The molecule has 2 saturated heterocycles. The van der Waals surface area contributed by atoms with Crippen LogP contribution in [0, 0.1) is 5.92 Å². The van der Waals surface area contributed by atoms with Crippen LogP contribution in [-0.2, 0) is 16.6 Å². The summed E-state index contributed by atoms with van der Waals surface area (Å²) < 4.78 is 5.64. The fourth-order valence-corrected chi connectivity index (χ4v) is 5.34. The van der Waals surface area contributed by atoms with E-state index in [1.165, 1.54) is 12.0 Å². The van der Waals surface area contributed by atoms with Crippen LogP contribution in [-0.4, -0.2) is 42.3 Å². The summed E-state index contributed by atoms with van der Waals surface area (Å²) in [5.41, 5.74) is 2.84. The zero-order valence-corrected chi connectivity index (χ0v) is 15.7. The zero-order chi connectivity index (χ0) is 17.7. The molecule has 3 atom stereocenters. The quantitative estimate of drug-likeness (QED) is 0.785. The first-order chi connectivity index (χ1) is 11.9. The number of hydrogen-bond donors (Lipinski definition) is 1. The van der Waals surface area contributed by atoms with E-state index in [4.69, 9.17) is 4.74 Å². The molecule has 2 heterocycles. The molecule has 25 heavy (non-hydrogen) atoms. The number of nitrogens with zero attached hydrogens (tertiary/aromatic N) is 1. The average molecular weight is 342 g/mol. The summed E-state index contributed by atoms with van der Waals surface area (Å²) in [6.07, 6.45) is 4.25. The predicted molar refractivity (Wildman–Crippen MR) is 98.8 cm³/mol. The van der Waals surface area contributed by atoms with Gasteiger partial charge < -0.3 is 15.0 Å². The molecule has 1 aliphatic carbocycles. The summed E-state index contributed by atoms with van der Waals surface area (Å²) in [6.45, 7) is 8.51. The highest BCUT2D eigenvalue weighted by molar-refractivity contribution is 5.68. The Morgan fingerprint density at radius 2 is 2.04 bits per heavy atom. The largest absolute Gasteiger partial charge is 0.444 e. The molecular formula is C21H30N2O2. The molecule has 3 aliphatic rings. The molecule has 2 bridgehead atoms. The van der Waals surface area contributed by atoms with E-state index >= 15 is 0 Å². The molecule has 0 aromatic heterocycles. The van der Waals surface area contributed by atoms with Gasteiger partial charge in [0.2, 0.25) is 0 Å². The summed E-state index contributed by atoms with van der Waals surface area (Å²) >= 11 is 0. The maximum absolute atomic E-state index is 12.6. The van der Waals surface area contributed by atoms with Crippen LogP contribution in [0.4, 0.5) is 4.79 Å². The number of hydrogen-bond acceptors (Lipinski definition) is 3. The third-order valence-electron chi connectivity index (χ3n) is 6.36. The fourth-order valence-electron chi connectivity index (χ4n) is 5.34. The highest BCUT2D eigenvalue weighted by Crippen LogP contribution is 2.51. The molecule has 4 nitrogen and oxygen atoms in total. The number of likely N-dealkylation sites (tertiary alicyclic amines) is 1. The van der Waals surface area contributed by atoms with E-state index in [1.54, 1.807) is 5.56 Å². The van der Waals surface area contributed by atoms with Gasteiger partial charge in [0, 0.05) is 24.5 Å². The van der Waals surface area contributed by atoms with Gasteiger partial charge in [-0.3, -0.25) is 0 Å². The average Bonchev–Trinajstić information content (AvgIpc) is 2.75. The van der Waals surface area contributed by atoms with Gasteiger partial charge in [-0.25, -0.2) is 4.79 Å². The first-order valence-electron chi connectivity index (χ1n) is 9.69. The van der Waals surface area contributed by atoms with Gasteiger partial charge in [-0.1, -0.05) is 24.3 Å². The molecule has 1 N–H and O–H groups in total. The maximum Gasteiger partial charge on any atom is 0.410 e. The highest BCUT2D eigenvalue weighted by Gasteiger charge is 2.51. The standard InChI is InChI=1S/C21H30N2O2/c1-20(2,3)25-19(24)23-12-8-17-18-14-15-6-4-5-7-16(15)21(17,10-13-23)9-11-22-18/h4-7,17-18,22H,8-14H2,1-3H3. The van der Waals surface area contributed by atoms with Crippen LogP contribution in [0.2, 0.25) is 0 Å². The molecule has 0 radical (unpaired) electrons. The second-order valence-corrected chi connectivity index (χ2v) is 8.94. The summed E-state index contributed by atoms with van der Waals surface area (Å²) in [5.74, 6) is 0.614. The van der Waals surface area contributed by atoms with Crippen molar-refractivity contribution >= 4 is 6.09 Å². The molecule has 0 spiro atoms. The van der Waals surface area contributed by atoms with Gasteiger partial charge in [0.15, 0.2) is 0 Å². The van der Waals surface area contributed by atoms with Gasteiger partial charge in [0.25, 0.3) is 0 Å². The van der Waals surface area contributed by atoms with Crippen molar-refractivity contribution in [3.63, 3.8) is 0 Å². The van der Waals surface area contributed by atoms with E-state index in [-0.39, 0.29) is 11.5 Å². The van der Waals surface area contributed by atoms with Crippen molar-refractivity contribution in [1.82, 2.24) is 10.2 Å². The van der Waals surface area contributed by atoms with Crippen LogP contribution >= 0.6 is 0 Å². The summed E-state index contributed by atoms with van der Waals surface area (Å²) in [6, 6.07) is 9.53. The van der Waals surface area contributed by atoms with Gasteiger partial charge in [-0.15, -0.1) is 0 Å². The number of carbonyl (C=O) groups excluding carboxylic acids is 1. The van der Waals surface area contributed by atoms with E-state index in [1.807, 2.05) is 25.7 Å². The molecular weight excluding hydrogens is 312 g/mol.